The first kappa shape index (κ1) is 23.2. The van der Waals surface area contributed by atoms with Crippen molar-refractivity contribution < 1.29 is 9.53 Å². The molecule has 3 heterocycles. The van der Waals surface area contributed by atoms with Crippen molar-refractivity contribution in [2.75, 3.05) is 12.4 Å². The number of nitrogens with one attached hydrogen (secondary N) is 1. The lowest BCUT2D eigenvalue weighted by molar-refractivity contribution is -0.119. The van der Waals surface area contributed by atoms with Crippen LogP contribution in [0.1, 0.15) is 49.7 Å². The zero-order valence-electron chi connectivity index (χ0n) is 18.9. The summed E-state index contributed by atoms with van der Waals surface area (Å²) in [6, 6.07) is 7.51. The smallest absolute Gasteiger partial charge is 0.263 e. The second-order valence-electron chi connectivity index (χ2n) is 7.91. The Morgan fingerprint density at radius 3 is 2.64 bits per heavy atom. The van der Waals surface area contributed by atoms with Crippen LogP contribution in [0.4, 0.5) is 5.13 Å². The molecule has 4 rings (SSSR count). The van der Waals surface area contributed by atoms with Crippen LogP contribution in [0.3, 0.4) is 0 Å². The van der Waals surface area contributed by atoms with Crippen LogP contribution in [0.5, 0.6) is 0 Å². The van der Waals surface area contributed by atoms with Gasteiger partial charge in [0.25, 0.3) is 5.56 Å². The minimum absolute atomic E-state index is 0.233. The van der Waals surface area contributed by atoms with Gasteiger partial charge >= 0.3 is 0 Å². The molecule has 0 spiro atoms. The molecular weight excluding hydrogens is 458 g/mol. The Morgan fingerprint density at radius 2 is 1.97 bits per heavy atom. The van der Waals surface area contributed by atoms with E-state index in [0.29, 0.717) is 39.3 Å². The predicted octanol–water partition coefficient (Wildman–Crippen LogP) is 4.84. The number of hydrogen-bond acceptors (Lipinski definition) is 8. The molecule has 1 aromatic carbocycles. The summed E-state index contributed by atoms with van der Waals surface area (Å²) in [4.78, 5) is 31.7. The average Bonchev–Trinajstić information content (AvgIpc) is 3.43. The summed E-state index contributed by atoms with van der Waals surface area (Å²) < 4.78 is 6.45. The Balaban J connectivity index is 1.67. The van der Waals surface area contributed by atoms with Crippen molar-refractivity contribution >= 4 is 43.9 Å². The molecule has 0 saturated carbocycles. The van der Waals surface area contributed by atoms with Gasteiger partial charge in [0.15, 0.2) is 0 Å². The highest BCUT2D eigenvalue weighted by Crippen LogP contribution is 2.32. The van der Waals surface area contributed by atoms with Crippen LogP contribution in [0.25, 0.3) is 21.3 Å². The number of thiophene rings is 1. The van der Waals surface area contributed by atoms with Crippen LogP contribution < -0.4 is 10.9 Å². The van der Waals surface area contributed by atoms with Crippen molar-refractivity contribution in [1.29, 1.82) is 0 Å². The maximum atomic E-state index is 13.5. The van der Waals surface area contributed by atoms with Crippen LogP contribution in [-0.2, 0) is 16.1 Å². The molecule has 0 fully saturated rings. The lowest BCUT2D eigenvalue weighted by atomic mass is 9.99. The first-order valence-corrected chi connectivity index (χ1v) is 12.3. The van der Waals surface area contributed by atoms with Crippen LogP contribution in [0.15, 0.2) is 40.8 Å². The summed E-state index contributed by atoms with van der Waals surface area (Å²) in [6.45, 7) is 6.47. The first-order valence-electron chi connectivity index (χ1n) is 10.6. The molecule has 0 radical (unpaired) electrons. The van der Waals surface area contributed by atoms with E-state index in [9.17, 15) is 9.59 Å². The predicted molar refractivity (Wildman–Crippen MR) is 132 cm³/mol. The van der Waals surface area contributed by atoms with Gasteiger partial charge < -0.3 is 4.74 Å². The fraction of sp³-hybridized carbons (Fsp3) is 0.348. The second kappa shape index (κ2) is 9.90. The number of ether oxygens (including phenoxy) is 1. The van der Waals surface area contributed by atoms with Crippen LogP contribution in [0.2, 0.25) is 0 Å². The largest absolute Gasteiger partial charge is 0.377 e. The van der Waals surface area contributed by atoms with Crippen molar-refractivity contribution in [3.63, 3.8) is 0 Å². The molecule has 1 N–H and O–H groups in total. The number of fused-ring (bicyclic) bond motifs is 1. The summed E-state index contributed by atoms with van der Waals surface area (Å²) in [5.74, 6) is 0.0959. The zero-order valence-corrected chi connectivity index (χ0v) is 20.5. The van der Waals surface area contributed by atoms with E-state index in [2.05, 4.69) is 46.5 Å². The third-order valence-corrected chi connectivity index (χ3v) is 7.10. The van der Waals surface area contributed by atoms with Gasteiger partial charge in [0.1, 0.15) is 22.5 Å². The summed E-state index contributed by atoms with van der Waals surface area (Å²) in [5.41, 5.74) is 2.80. The molecule has 0 aliphatic carbocycles. The number of nitrogens with zero attached hydrogens (tertiary/aromatic N) is 4. The highest BCUT2D eigenvalue weighted by Gasteiger charge is 2.24. The number of rotatable bonds is 8. The molecule has 8 nitrogen and oxygen atoms in total. The van der Waals surface area contributed by atoms with Crippen molar-refractivity contribution in [2.45, 2.75) is 45.8 Å². The number of anilines is 1. The van der Waals surface area contributed by atoms with E-state index >= 15 is 0 Å². The van der Waals surface area contributed by atoms with E-state index in [1.165, 1.54) is 39.1 Å². The number of aromatic nitrogens is 4. The number of carbonyl (C=O) groups excluding carboxylic acids is 1. The molecule has 3 aromatic heterocycles. The number of benzene rings is 1. The van der Waals surface area contributed by atoms with E-state index in [1.54, 1.807) is 7.11 Å². The number of hydrogen-bond donors (Lipinski definition) is 1. The van der Waals surface area contributed by atoms with Crippen molar-refractivity contribution in [2.24, 2.45) is 0 Å². The van der Waals surface area contributed by atoms with Gasteiger partial charge in [-0.05, 0) is 23.5 Å². The van der Waals surface area contributed by atoms with Gasteiger partial charge in [-0.3, -0.25) is 19.5 Å². The Hall–Kier alpha value is -2.95. The summed E-state index contributed by atoms with van der Waals surface area (Å²) >= 11 is 2.67. The molecular formula is C23H25N5O3S2. The minimum Gasteiger partial charge on any atom is -0.377 e. The SMILES string of the molecule is CCC(C(=O)Nc1nnc(COC)s1)n1cnc2scc(-c3ccc(C(C)C)cc3)c2c1=O. The molecule has 1 amide bonds. The summed E-state index contributed by atoms with van der Waals surface area (Å²) in [6.07, 6.45) is 1.88. The van der Waals surface area contributed by atoms with Gasteiger partial charge in [-0.15, -0.1) is 21.5 Å². The average molecular weight is 484 g/mol. The first-order chi connectivity index (χ1) is 15.9. The van der Waals surface area contributed by atoms with E-state index in [1.807, 2.05) is 24.4 Å². The Morgan fingerprint density at radius 1 is 1.21 bits per heavy atom. The van der Waals surface area contributed by atoms with Gasteiger partial charge in [0, 0.05) is 18.1 Å². The van der Waals surface area contributed by atoms with Crippen molar-refractivity contribution in [3.05, 3.63) is 56.9 Å². The van der Waals surface area contributed by atoms with Crippen molar-refractivity contribution in [3.8, 4) is 11.1 Å². The number of amides is 1. The highest BCUT2D eigenvalue weighted by atomic mass is 32.1. The lowest BCUT2D eigenvalue weighted by Gasteiger charge is -2.16. The van der Waals surface area contributed by atoms with Crippen LogP contribution in [0, 0.1) is 0 Å². The molecule has 0 bridgehead atoms. The molecule has 33 heavy (non-hydrogen) atoms. The third-order valence-electron chi connectivity index (χ3n) is 5.40. The van der Waals surface area contributed by atoms with Crippen LogP contribution >= 0.6 is 22.7 Å². The molecule has 4 aromatic rings. The topological polar surface area (TPSA) is 99.0 Å². The summed E-state index contributed by atoms with van der Waals surface area (Å²) in [5, 5.41) is 14.2. The van der Waals surface area contributed by atoms with Gasteiger partial charge in [-0.25, -0.2) is 4.98 Å². The van der Waals surface area contributed by atoms with Gasteiger partial charge in [-0.2, -0.15) is 0 Å². The molecule has 0 saturated heterocycles. The van der Waals surface area contributed by atoms with Crippen molar-refractivity contribution in [1.82, 2.24) is 19.7 Å². The quantitative estimate of drug-likeness (QED) is 0.385. The fourth-order valence-corrected chi connectivity index (χ4v) is 5.23. The van der Waals surface area contributed by atoms with E-state index in [4.69, 9.17) is 4.74 Å². The van der Waals surface area contributed by atoms with Gasteiger partial charge in [0.05, 0.1) is 11.7 Å². The molecule has 172 valence electrons. The fourth-order valence-electron chi connectivity index (χ4n) is 3.61. The third kappa shape index (κ3) is 4.73. The van der Waals surface area contributed by atoms with E-state index in [-0.39, 0.29) is 11.5 Å². The monoisotopic (exact) mass is 483 g/mol. The maximum Gasteiger partial charge on any atom is 0.263 e. The maximum absolute atomic E-state index is 13.5. The molecule has 10 heteroatoms. The molecule has 0 aliphatic rings. The molecule has 1 atom stereocenters. The lowest BCUT2D eigenvalue weighted by Crippen LogP contribution is -2.33. The standard InChI is InChI=1S/C23H25N5O3S2/c1-5-17(20(29)25-23-27-26-18(33-23)10-31-4)28-12-24-21-19(22(28)30)16(11-32-21)15-8-6-14(7-9-15)13(2)3/h6-9,11-13,17H,5,10H2,1-4H3,(H,25,27,29). The van der Waals surface area contributed by atoms with E-state index < -0.39 is 6.04 Å². The molecule has 1 unspecified atom stereocenters. The minimum atomic E-state index is -0.722. The number of methoxy groups -OCH3 is 1. The molecule has 0 aliphatic heterocycles. The van der Waals surface area contributed by atoms with E-state index in [0.717, 1.165) is 11.1 Å². The summed E-state index contributed by atoms with van der Waals surface area (Å²) in [7, 11) is 1.57. The zero-order chi connectivity index (χ0) is 23.5. The number of carbonyl (C=O) groups is 1. The Labute approximate surface area is 199 Å². The van der Waals surface area contributed by atoms with Crippen LogP contribution in [-0.4, -0.2) is 32.8 Å². The van der Waals surface area contributed by atoms with Gasteiger partial charge in [-0.1, -0.05) is 56.4 Å². The normalized spacial score (nSPS) is 12.4. The second-order valence-corrected chi connectivity index (χ2v) is 9.83. The highest BCUT2D eigenvalue weighted by molar-refractivity contribution is 7.17. The Kier molecular flexibility index (Phi) is 6.96. The Bertz CT molecular complexity index is 1320. The van der Waals surface area contributed by atoms with Gasteiger partial charge in [0.2, 0.25) is 11.0 Å².